The number of alkyl halides is 3. The fourth-order valence-electron chi connectivity index (χ4n) is 4.59. The van der Waals surface area contributed by atoms with Gasteiger partial charge < -0.3 is 10.1 Å². The largest absolute Gasteiger partial charge is 0.457 e. The van der Waals surface area contributed by atoms with Gasteiger partial charge in [-0.05, 0) is 84.3 Å². The molecule has 4 aromatic carbocycles. The summed E-state index contributed by atoms with van der Waals surface area (Å²) in [7, 11) is -3.59. The van der Waals surface area contributed by atoms with Crippen LogP contribution in [0.1, 0.15) is 17.5 Å². The monoisotopic (exact) mass is 594 g/mol. The smallest absolute Gasteiger partial charge is 0.418 e. The number of halogens is 4. The van der Waals surface area contributed by atoms with Gasteiger partial charge in [-0.15, -0.1) is 0 Å². The molecule has 5 rings (SSSR count). The molecule has 0 saturated carbocycles. The third-order valence-corrected chi connectivity index (χ3v) is 8.43. The van der Waals surface area contributed by atoms with E-state index in [0.717, 1.165) is 11.6 Å². The summed E-state index contributed by atoms with van der Waals surface area (Å²) in [5.41, 5.74) is 1.13. The van der Waals surface area contributed by atoms with Crippen LogP contribution in [0.15, 0.2) is 108 Å². The first-order valence-electron chi connectivity index (χ1n) is 13.1. The highest BCUT2D eigenvalue weighted by atomic mass is 32.2. The molecule has 0 bridgehead atoms. The van der Waals surface area contributed by atoms with Crippen molar-refractivity contribution in [2.24, 2.45) is 0 Å². The molecule has 10 heteroatoms. The van der Waals surface area contributed by atoms with Crippen molar-refractivity contribution in [1.82, 2.24) is 10.3 Å². The Morgan fingerprint density at radius 2 is 1.55 bits per heavy atom. The Bertz CT molecular complexity index is 1810. The number of benzene rings is 4. The fraction of sp³-hybridized carbons (Fsp3) is 0.156. The zero-order chi connectivity index (χ0) is 29.7. The first kappa shape index (κ1) is 29.2. The average molecular weight is 595 g/mol. The van der Waals surface area contributed by atoms with E-state index >= 15 is 0 Å². The predicted octanol–water partition coefficient (Wildman–Crippen LogP) is 7.81. The highest BCUT2D eigenvalue weighted by Crippen LogP contribution is 2.38. The van der Waals surface area contributed by atoms with Crippen molar-refractivity contribution in [3.63, 3.8) is 0 Å². The number of hydrogen-bond donors (Lipinski definition) is 1. The number of fused-ring (bicyclic) bond motifs is 1. The maximum absolute atomic E-state index is 13.5. The highest BCUT2D eigenvalue weighted by Gasteiger charge is 2.33. The number of aromatic nitrogens is 1. The summed E-state index contributed by atoms with van der Waals surface area (Å²) in [6.07, 6.45) is -2.82. The van der Waals surface area contributed by atoms with Crippen LogP contribution in [0.4, 0.5) is 17.6 Å². The average Bonchev–Trinajstić information content (AvgIpc) is 2.97. The third-order valence-electron chi connectivity index (χ3n) is 6.63. The number of para-hydroxylation sites is 1. The van der Waals surface area contributed by atoms with Gasteiger partial charge in [0.25, 0.3) is 0 Å². The third kappa shape index (κ3) is 6.95. The summed E-state index contributed by atoms with van der Waals surface area (Å²) >= 11 is 0. The van der Waals surface area contributed by atoms with Gasteiger partial charge >= 0.3 is 6.18 Å². The van der Waals surface area contributed by atoms with Crippen molar-refractivity contribution < 1.29 is 30.7 Å². The molecule has 216 valence electrons. The molecular formula is C32H26F4N2O3S. The van der Waals surface area contributed by atoms with E-state index in [9.17, 15) is 26.0 Å². The first-order chi connectivity index (χ1) is 20.1. The van der Waals surface area contributed by atoms with Gasteiger partial charge in [-0.2, -0.15) is 13.2 Å². The van der Waals surface area contributed by atoms with Gasteiger partial charge in [0.2, 0.25) is 0 Å². The molecule has 0 aliphatic carbocycles. The fourth-order valence-corrected chi connectivity index (χ4v) is 5.93. The van der Waals surface area contributed by atoms with Gasteiger partial charge in [0.1, 0.15) is 17.3 Å². The van der Waals surface area contributed by atoms with Crippen molar-refractivity contribution in [3.05, 3.63) is 120 Å². The summed E-state index contributed by atoms with van der Waals surface area (Å²) < 4.78 is 85.5. The van der Waals surface area contributed by atoms with E-state index < -0.39 is 21.6 Å². The van der Waals surface area contributed by atoms with Crippen LogP contribution in [0.5, 0.6) is 11.5 Å². The molecule has 0 radical (unpaired) electrons. The zero-order valence-corrected chi connectivity index (χ0v) is 23.1. The van der Waals surface area contributed by atoms with Crippen LogP contribution in [0.25, 0.3) is 22.0 Å². The lowest BCUT2D eigenvalue weighted by molar-refractivity contribution is -0.136. The second-order valence-electron chi connectivity index (χ2n) is 9.64. The van der Waals surface area contributed by atoms with E-state index in [0.29, 0.717) is 47.5 Å². The summed E-state index contributed by atoms with van der Waals surface area (Å²) in [6, 6.07) is 24.7. The molecule has 0 fully saturated rings. The van der Waals surface area contributed by atoms with Gasteiger partial charge in [0.05, 0.1) is 21.7 Å². The molecule has 0 aliphatic heterocycles. The minimum absolute atomic E-state index is 0.0720. The molecule has 0 unspecified atom stereocenters. The van der Waals surface area contributed by atoms with E-state index in [4.69, 9.17) is 4.74 Å². The van der Waals surface area contributed by atoms with E-state index in [2.05, 4.69) is 10.3 Å². The van der Waals surface area contributed by atoms with Crippen molar-refractivity contribution in [3.8, 4) is 22.6 Å². The molecule has 5 aromatic rings. The molecule has 1 heterocycles. The number of hydrogen-bond acceptors (Lipinski definition) is 5. The molecule has 0 spiro atoms. The van der Waals surface area contributed by atoms with Crippen LogP contribution >= 0.6 is 0 Å². The Morgan fingerprint density at radius 1 is 0.833 bits per heavy atom. The van der Waals surface area contributed by atoms with Crippen molar-refractivity contribution in [2.75, 3.05) is 12.3 Å². The number of rotatable bonds is 10. The number of sulfone groups is 1. The van der Waals surface area contributed by atoms with Crippen LogP contribution in [0.3, 0.4) is 0 Å². The van der Waals surface area contributed by atoms with Crippen molar-refractivity contribution in [2.45, 2.75) is 24.0 Å². The minimum Gasteiger partial charge on any atom is -0.457 e. The first-order valence-corrected chi connectivity index (χ1v) is 14.8. The Balaban J connectivity index is 1.27. The highest BCUT2D eigenvalue weighted by molar-refractivity contribution is 7.91. The summed E-state index contributed by atoms with van der Waals surface area (Å²) in [4.78, 5) is 4.10. The Morgan fingerprint density at radius 3 is 2.31 bits per heavy atom. The van der Waals surface area contributed by atoms with Gasteiger partial charge in [0, 0.05) is 18.1 Å². The van der Waals surface area contributed by atoms with Gasteiger partial charge in [-0.25, -0.2) is 12.8 Å². The number of pyridine rings is 1. The van der Waals surface area contributed by atoms with E-state index in [1.807, 2.05) is 0 Å². The summed E-state index contributed by atoms with van der Waals surface area (Å²) in [5, 5.41) is 3.51. The van der Waals surface area contributed by atoms with Crippen LogP contribution in [-0.2, 0) is 22.6 Å². The summed E-state index contributed by atoms with van der Waals surface area (Å²) in [5.74, 6) is 0.317. The molecule has 42 heavy (non-hydrogen) atoms. The molecule has 0 atom stereocenters. The second kappa shape index (κ2) is 12.3. The quantitative estimate of drug-likeness (QED) is 0.132. The van der Waals surface area contributed by atoms with Gasteiger partial charge in [0.15, 0.2) is 9.84 Å². The van der Waals surface area contributed by atoms with E-state index in [1.54, 1.807) is 60.7 Å². The second-order valence-corrected chi connectivity index (χ2v) is 11.7. The standard InChI is InChI=1S/C32H26F4N2O3S/c33-24-13-11-22(12-14-24)21-37-16-4-18-42(39,40)27-8-2-7-26(20-27)41-25-6-1-5-23(19-25)28-15-17-38-31-29(28)9-3-10-30(31)32(34,35)36/h1-3,5-15,17,19-20,37H,4,16,18,21H2. The number of nitrogens with one attached hydrogen (secondary N) is 1. The maximum atomic E-state index is 13.5. The topological polar surface area (TPSA) is 68.3 Å². The number of ether oxygens (including phenoxy) is 1. The molecule has 0 amide bonds. The Hall–Kier alpha value is -4.28. The van der Waals surface area contributed by atoms with Crippen LogP contribution in [-0.4, -0.2) is 25.7 Å². The van der Waals surface area contributed by atoms with Gasteiger partial charge in [-0.1, -0.05) is 42.5 Å². The Labute approximate surface area is 240 Å². The molecular weight excluding hydrogens is 568 g/mol. The molecule has 1 N–H and O–H groups in total. The minimum atomic E-state index is -4.54. The lowest BCUT2D eigenvalue weighted by Gasteiger charge is -2.13. The van der Waals surface area contributed by atoms with E-state index in [-0.39, 0.29) is 22.0 Å². The summed E-state index contributed by atoms with van der Waals surface area (Å²) in [6.45, 7) is 0.967. The maximum Gasteiger partial charge on any atom is 0.418 e. The van der Waals surface area contributed by atoms with Crippen LogP contribution in [0, 0.1) is 5.82 Å². The van der Waals surface area contributed by atoms with Crippen LogP contribution in [0.2, 0.25) is 0 Å². The van der Waals surface area contributed by atoms with Crippen molar-refractivity contribution in [1.29, 1.82) is 0 Å². The molecule has 5 nitrogen and oxygen atoms in total. The van der Waals surface area contributed by atoms with Crippen LogP contribution < -0.4 is 10.1 Å². The van der Waals surface area contributed by atoms with Gasteiger partial charge in [-0.3, -0.25) is 4.98 Å². The normalized spacial score (nSPS) is 12.0. The molecule has 0 saturated heterocycles. The van der Waals surface area contributed by atoms with E-state index in [1.165, 1.54) is 36.5 Å². The zero-order valence-electron chi connectivity index (χ0n) is 22.2. The SMILES string of the molecule is O=S(=O)(CCCNCc1ccc(F)cc1)c1cccc(Oc2cccc(-c3ccnc4c(C(F)(F)F)cccc34)c2)c1. The predicted molar refractivity (Wildman–Crippen MR) is 153 cm³/mol. The molecule has 0 aliphatic rings. The lowest BCUT2D eigenvalue weighted by atomic mass is 9.99. The molecule has 1 aromatic heterocycles. The number of nitrogens with zero attached hydrogens (tertiary/aromatic N) is 1. The Kier molecular flexibility index (Phi) is 8.56. The van der Waals surface area contributed by atoms with Crippen molar-refractivity contribution >= 4 is 20.7 Å². The lowest BCUT2D eigenvalue weighted by Crippen LogP contribution is -2.18.